The quantitative estimate of drug-likeness (QED) is 0.254. The van der Waals surface area contributed by atoms with Crippen LogP contribution in [-0.4, -0.2) is 32.6 Å². The molecule has 0 saturated heterocycles. The summed E-state index contributed by atoms with van der Waals surface area (Å²) in [6.45, 7) is 0. The SMILES string of the molecule is O=C(CSc1nnc(-c2ccccc2)c2ccccc12)N1N=C(c2cccs2)CC1c1ccco1. The number of benzene rings is 2. The maximum absolute atomic E-state index is 13.4. The summed E-state index contributed by atoms with van der Waals surface area (Å²) in [6, 6.07) is 25.6. The third kappa shape index (κ3) is 4.26. The summed E-state index contributed by atoms with van der Waals surface area (Å²) in [5.41, 5.74) is 2.74. The van der Waals surface area contributed by atoms with Crippen LogP contribution >= 0.6 is 23.1 Å². The van der Waals surface area contributed by atoms with Crippen molar-refractivity contribution in [2.45, 2.75) is 17.5 Å². The normalized spacial score (nSPS) is 15.5. The molecule has 6 rings (SSSR count). The third-order valence-corrected chi connectivity index (χ3v) is 7.76. The zero-order valence-electron chi connectivity index (χ0n) is 18.6. The summed E-state index contributed by atoms with van der Waals surface area (Å²) in [5, 5.41) is 20.0. The van der Waals surface area contributed by atoms with Crippen LogP contribution in [0.5, 0.6) is 0 Å². The molecule has 2 aromatic carbocycles. The molecule has 8 heteroatoms. The zero-order chi connectivity index (χ0) is 23.6. The fourth-order valence-corrected chi connectivity index (χ4v) is 5.77. The van der Waals surface area contributed by atoms with Crippen molar-refractivity contribution >= 4 is 45.5 Å². The number of thiophene rings is 1. The first-order valence-electron chi connectivity index (χ1n) is 11.2. The molecule has 0 N–H and O–H groups in total. The second kappa shape index (κ2) is 9.48. The van der Waals surface area contributed by atoms with Gasteiger partial charge in [0.2, 0.25) is 0 Å². The maximum Gasteiger partial charge on any atom is 0.253 e. The minimum absolute atomic E-state index is 0.0963. The van der Waals surface area contributed by atoms with E-state index in [1.807, 2.05) is 84.2 Å². The Kier molecular flexibility index (Phi) is 5.89. The molecule has 1 aliphatic rings. The summed E-state index contributed by atoms with van der Waals surface area (Å²) in [6.07, 6.45) is 2.25. The van der Waals surface area contributed by atoms with E-state index in [9.17, 15) is 4.79 Å². The number of hydrogen-bond acceptors (Lipinski definition) is 7. The fourth-order valence-electron chi connectivity index (χ4n) is 4.23. The number of nitrogens with zero attached hydrogens (tertiary/aromatic N) is 4. The van der Waals surface area contributed by atoms with Gasteiger partial charge in [0.1, 0.15) is 22.5 Å². The van der Waals surface area contributed by atoms with Crippen molar-refractivity contribution in [1.29, 1.82) is 0 Å². The molecule has 172 valence electrons. The smallest absolute Gasteiger partial charge is 0.253 e. The number of fused-ring (bicyclic) bond motifs is 1. The van der Waals surface area contributed by atoms with Crippen LogP contribution in [0.2, 0.25) is 0 Å². The largest absolute Gasteiger partial charge is 0.467 e. The molecule has 1 aliphatic heterocycles. The predicted molar refractivity (Wildman–Crippen MR) is 139 cm³/mol. The molecule has 0 aliphatic carbocycles. The zero-order valence-corrected chi connectivity index (χ0v) is 20.2. The topological polar surface area (TPSA) is 71.6 Å². The molecule has 4 heterocycles. The predicted octanol–water partition coefficient (Wildman–Crippen LogP) is 6.42. The minimum atomic E-state index is -0.251. The number of rotatable bonds is 6. The van der Waals surface area contributed by atoms with Gasteiger partial charge in [0.15, 0.2) is 0 Å². The summed E-state index contributed by atoms with van der Waals surface area (Å²) in [7, 11) is 0. The maximum atomic E-state index is 13.4. The van der Waals surface area contributed by atoms with Crippen LogP contribution < -0.4 is 0 Å². The monoisotopic (exact) mass is 496 g/mol. The average Bonchev–Trinajstić information content (AvgIpc) is 3.69. The van der Waals surface area contributed by atoms with Gasteiger partial charge in [0.05, 0.1) is 22.6 Å². The van der Waals surface area contributed by atoms with E-state index in [-0.39, 0.29) is 17.7 Å². The Bertz CT molecular complexity index is 1500. The lowest BCUT2D eigenvalue weighted by atomic mass is 10.1. The van der Waals surface area contributed by atoms with Crippen LogP contribution in [0.15, 0.2) is 105 Å². The minimum Gasteiger partial charge on any atom is -0.467 e. The molecule has 35 heavy (non-hydrogen) atoms. The molecule has 6 nitrogen and oxygen atoms in total. The first-order chi connectivity index (χ1) is 17.3. The fraction of sp³-hybridized carbons (Fsp3) is 0.111. The lowest BCUT2D eigenvalue weighted by molar-refractivity contribution is -0.130. The van der Waals surface area contributed by atoms with Crippen molar-refractivity contribution in [2.24, 2.45) is 5.10 Å². The van der Waals surface area contributed by atoms with Crippen molar-refractivity contribution in [3.05, 3.63) is 101 Å². The summed E-state index contributed by atoms with van der Waals surface area (Å²) in [5.74, 6) is 0.832. The Morgan fingerprint density at radius 2 is 1.80 bits per heavy atom. The van der Waals surface area contributed by atoms with E-state index in [0.717, 1.165) is 43.4 Å². The number of furan rings is 1. The second-order valence-electron chi connectivity index (χ2n) is 8.05. The van der Waals surface area contributed by atoms with Gasteiger partial charge < -0.3 is 4.42 Å². The van der Waals surface area contributed by atoms with Crippen molar-refractivity contribution < 1.29 is 9.21 Å². The molecule has 0 bridgehead atoms. The molecule has 1 unspecified atom stereocenters. The molecule has 3 aromatic heterocycles. The average molecular weight is 497 g/mol. The summed E-state index contributed by atoms with van der Waals surface area (Å²) < 4.78 is 5.65. The Morgan fingerprint density at radius 1 is 0.971 bits per heavy atom. The van der Waals surface area contributed by atoms with E-state index in [2.05, 4.69) is 10.2 Å². The van der Waals surface area contributed by atoms with Crippen molar-refractivity contribution in [3.63, 3.8) is 0 Å². The van der Waals surface area contributed by atoms with E-state index in [4.69, 9.17) is 9.52 Å². The van der Waals surface area contributed by atoms with Crippen molar-refractivity contribution in [2.75, 3.05) is 5.75 Å². The first kappa shape index (κ1) is 21.8. The lowest BCUT2D eigenvalue weighted by Gasteiger charge is -2.19. The Morgan fingerprint density at radius 3 is 2.57 bits per heavy atom. The van der Waals surface area contributed by atoms with E-state index < -0.39 is 0 Å². The van der Waals surface area contributed by atoms with Gasteiger partial charge in [0.25, 0.3) is 5.91 Å². The van der Waals surface area contributed by atoms with E-state index in [0.29, 0.717) is 6.42 Å². The highest BCUT2D eigenvalue weighted by atomic mass is 32.2. The molecule has 0 fully saturated rings. The number of thioether (sulfide) groups is 1. The Labute approximate surface area is 210 Å². The third-order valence-electron chi connectivity index (χ3n) is 5.88. The van der Waals surface area contributed by atoms with Crippen LogP contribution in [-0.2, 0) is 4.79 Å². The molecular weight excluding hydrogens is 476 g/mol. The molecule has 5 aromatic rings. The molecule has 0 saturated carbocycles. The first-order valence-corrected chi connectivity index (χ1v) is 13.0. The van der Waals surface area contributed by atoms with Gasteiger partial charge in [-0.3, -0.25) is 4.79 Å². The second-order valence-corrected chi connectivity index (χ2v) is 9.96. The van der Waals surface area contributed by atoms with E-state index in [1.54, 1.807) is 22.6 Å². The number of hydrazone groups is 1. The summed E-state index contributed by atoms with van der Waals surface area (Å²) >= 11 is 3.01. The van der Waals surface area contributed by atoms with Gasteiger partial charge in [-0.15, -0.1) is 21.5 Å². The van der Waals surface area contributed by atoms with Crippen LogP contribution in [0.3, 0.4) is 0 Å². The highest BCUT2D eigenvalue weighted by Gasteiger charge is 2.35. The van der Waals surface area contributed by atoms with Gasteiger partial charge in [-0.25, -0.2) is 5.01 Å². The number of carbonyl (C=O) groups is 1. The Hall–Kier alpha value is -3.75. The van der Waals surface area contributed by atoms with E-state index in [1.165, 1.54) is 11.8 Å². The van der Waals surface area contributed by atoms with Crippen LogP contribution in [0.4, 0.5) is 0 Å². The highest BCUT2D eigenvalue weighted by molar-refractivity contribution is 8.00. The molecule has 1 amide bonds. The molecule has 0 radical (unpaired) electrons. The van der Waals surface area contributed by atoms with Crippen LogP contribution in [0.25, 0.3) is 22.0 Å². The molecular formula is C27H20N4O2S2. The van der Waals surface area contributed by atoms with E-state index >= 15 is 0 Å². The van der Waals surface area contributed by atoms with Gasteiger partial charge >= 0.3 is 0 Å². The number of aromatic nitrogens is 2. The molecule has 1 atom stereocenters. The lowest BCUT2D eigenvalue weighted by Crippen LogP contribution is -2.28. The standard InChI is InChI=1S/C27H20N4O2S2/c32-25(31-22(23-12-6-14-33-23)16-21(30-31)24-13-7-15-34-24)17-35-27-20-11-5-4-10-19(20)26(28-29-27)18-8-2-1-3-9-18/h1-15,22H,16-17H2. The van der Waals surface area contributed by atoms with Gasteiger partial charge in [-0.2, -0.15) is 5.10 Å². The van der Waals surface area contributed by atoms with Gasteiger partial charge in [-0.05, 0) is 23.6 Å². The summed E-state index contributed by atoms with van der Waals surface area (Å²) in [4.78, 5) is 14.4. The van der Waals surface area contributed by atoms with Gasteiger partial charge in [0, 0.05) is 22.8 Å². The Balaban J connectivity index is 1.27. The number of amides is 1. The van der Waals surface area contributed by atoms with Crippen molar-refractivity contribution in [3.8, 4) is 11.3 Å². The number of carbonyl (C=O) groups excluding carboxylic acids is 1. The van der Waals surface area contributed by atoms with Gasteiger partial charge in [-0.1, -0.05) is 72.4 Å². The van der Waals surface area contributed by atoms with Crippen molar-refractivity contribution in [1.82, 2.24) is 15.2 Å². The van der Waals surface area contributed by atoms with Crippen LogP contribution in [0.1, 0.15) is 23.1 Å². The van der Waals surface area contributed by atoms with Crippen LogP contribution in [0, 0.1) is 0 Å². The molecule has 0 spiro atoms. The number of hydrogen-bond donors (Lipinski definition) is 0. The highest BCUT2D eigenvalue weighted by Crippen LogP contribution is 2.36.